The number of hydrogen-bond donors (Lipinski definition) is 5. The minimum Gasteiger partial charge on any atom is -0.480 e. The number of nitrogens with one attached hydrogen (secondary N) is 2. The molecule has 0 radical (unpaired) electrons. The third-order valence-corrected chi connectivity index (χ3v) is 5.11. The van der Waals surface area contributed by atoms with Crippen molar-refractivity contribution in [1.82, 2.24) is 15.5 Å². The first-order valence-electron chi connectivity index (χ1n) is 9.73. The molecule has 0 aromatic rings. The summed E-state index contributed by atoms with van der Waals surface area (Å²) in [5, 5.41) is 14.4. The highest BCUT2D eigenvalue weighted by Gasteiger charge is 2.39. The van der Waals surface area contributed by atoms with Gasteiger partial charge >= 0.3 is 5.97 Å². The number of rotatable bonds is 11. The molecular weight excluding hydrogens is 382 g/mol. The second-order valence-corrected chi connectivity index (χ2v) is 7.23. The molecule has 11 heteroatoms. The summed E-state index contributed by atoms with van der Waals surface area (Å²) in [4.78, 5) is 61.2. The van der Waals surface area contributed by atoms with Crippen molar-refractivity contribution in [3.05, 3.63) is 0 Å². The van der Waals surface area contributed by atoms with Crippen molar-refractivity contribution >= 4 is 29.6 Å². The van der Waals surface area contributed by atoms with Gasteiger partial charge in [0.1, 0.15) is 18.1 Å². The van der Waals surface area contributed by atoms with Crippen molar-refractivity contribution in [2.75, 3.05) is 13.1 Å². The van der Waals surface area contributed by atoms with E-state index in [0.717, 1.165) is 0 Å². The van der Waals surface area contributed by atoms with E-state index in [1.807, 2.05) is 6.92 Å². The van der Waals surface area contributed by atoms with Crippen LogP contribution in [0.4, 0.5) is 0 Å². The summed E-state index contributed by atoms with van der Waals surface area (Å²) in [7, 11) is 0. The summed E-state index contributed by atoms with van der Waals surface area (Å²) < 4.78 is 0. The quantitative estimate of drug-likeness (QED) is 0.267. The zero-order chi connectivity index (χ0) is 22.1. The molecule has 11 nitrogen and oxygen atoms in total. The number of carbonyl (C=O) groups is 5. The van der Waals surface area contributed by atoms with E-state index in [2.05, 4.69) is 10.6 Å². The topological polar surface area (TPSA) is 185 Å². The van der Waals surface area contributed by atoms with Crippen LogP contribution < -0.4 is 22.1 Å². The van der Waals surface area contributed by atoms with E-state index in [9.17, 15) is 29.1 Å². The standard InChI is InChI=1S/C18H31N5O6/c1-3-10(2)15(18(28)29)22-16(26)12-5-4-8-23(12)17(27)11(6-7-13(20)24)21-14(25)9-19/h10-12,15H,3-9,19H2,1-2H3,(H2,20,24)(H,21,25)(H,22,26)(H,28,29). The maximum atomic E-state index is 13.0. The van der Waals surface area contributed by atoms with Crippen LogP contribution in [-0.2, 0) is 24.0 Å². The Bertz CT molecular complexity index is 640. The van der Waals surface area contributed by atoms with Crippen LogP contribution in [0.15, 0.2) is 0 Å². The molecule has 4 unspecified atom stereocenters. The average Bonchev–Trinajstić information content (AvgIpc) is 3.17. The van der Waals surface area contributed by atoms with E-state index in [0.29, 0.717) is 19.3 Å². The Morgan fingerprint density at radius 1 is 1.21 bits per heavy atom. The van der Waals surface area contributed by atoms with Crippen molar-refractivity contribution < 1.29 is 29.1 Å². The number of hydrogen-bond acceptors (Lipinski definition) is 6. The van der Waals surface area contributed by atoms with Gasteiger partial charge in [-0.1, -0.05) is 20.3 Å². The molecule has 7 N–H and O–H groups in total. The molecule has 0 aliphatic carbocycles. The molecular formula is C18H31N5O6. The van der Waals surface area contributed by atoms with Crippen LogP contribution >= 0.6 is 0 Å². The van der Waals surface area contributed by atoms with Gasteiger partial charge in [0.2, 0.25) is 23.6 Å². The molecule has 1 saturated heterocycles. The average molecular weight is 413 g/mol. The lowest BCUT2D eigenvalue weighted by atomic mass is 9.98. The van der Waals surface area contributed by atoms with Crippen molar-refractivity contribution in [1.29, 1.82) is 0 Å². The molecule has 1 heterocycles. The molecule has 0 aromatic heterocycles. The maximum Gasteiger partial charge on any atom is 0.326 e. The number of nitrogens with zero attached hydrogens (tertiary/aromatic N) is 1. The van der Waals surface area contributed by atoms with Crippen LogP contribution in [0.2, 0.25) is 0 Å². The van der Waals surface area contributed by atoms with Crippen LogP contribution in [0.3, 0.4) is 0 Å². The first kappa shape index (κ1) is 24.3. The Balaban J connectivity index is 2.93. The number of amides is 4. The number of carbonyl (C=O) groups excluding carboxylic acids is 4. The summed E-state index contributed by atoms with van der Waals surface area (Å²) >= 11 is 0. The predicted octanol–water partition coefficient (Wildman–Crippen LogP) is -1.70. The highest BCUT2D eigenvalue weighted by molar-refractivity contribution is 5.94. The van der Waals surface area contributed by atoms with Gasteiger partial charge in [-0.3, -0.25) is 19.2 Å². The highest BCUT2D eigenvalue weighted by atomic mass is 16.4. The van der Waals surface area contributed by atoms with Crippen LogP contribution in [0.25, 0.3) is 0 Å². The largest absolute Gasteiger partial charge is 0.480 e. The van der Waals surface area contributed by atoms with E-state index < -0.39 is 47.7 Å². The number of primary amides is 1. The molecule has 29 heavy (non-hydrogen) atoms. The van der Waals surface area contributed by atoms with Gasteiger partial charge in [0.15, 0.2) is 0 Å². The lowest BCUT2D eigenvalue weighted by Crippen LogP contribution is -2.56. The lowest BCUT2D eigenvalue weighted by molar-refractivity contribution is -0.146. The third-order valence-electron chi connectivity index (χ3n) is 5.11. The molecule has 0 saturated carbocycles. The fourth-order valence-corrected chi connectivity index (χ4v) is 3.23. The van der Waals surface area contributed by atoms with Crippen LogP contribution in [-0.4, -0.2) is 70.8 Å². The number of carboxylic acid groups (broad SMARTS) is 1. The molecule has 1 fully saturated rings. The summed E-state index contributed by atoms with van der Waals surface area (Å²) in [6.45, 7) is 3.49. The van der Waals surface area contributed by atoms with E-state index in [1.165, 1.54) is 4.90 Å². The molecule has 4 amide bonds. The lowest BCUT2D eigenvalue weighted by Gasteiger charge is -2.30. The SMILES string of the molecule is CCC(C)C(NC(=O)C1CCCN1C(=O)C(CCC(N)=O)NC(=O)CN)C(=O)O. The number of likely N-dealkylation sites (tertiary alicyclic amines) is 1. The Hall–Kier alpha value is -2.69. The van der Waals surface area contributed by atoms with E-state index >= 15 is 0 Å². The minimum absolute atomic E-state index is 0.0185. The van der Waals surface area contributed by atoms with Gasteiger partial charge < -0.3 is 32.1 Å². The van der Waals surface area contributed by atoms with Gasteiger partial charge in [0, 0.05) is 13.0 Å². The zero-order valence-electron chi connectivity index (χ0n) is 16.8. The highest BCUT2D eigenvalue weighted by Crippen LogP contribution is 2.20. The monoisotopic (exact) mass is 413 g/mol. The summed E-state index contributed by atoms with van der Waals surface area (Å²) in [5.74, 6) is -3.70. The van der Waals surface area contributed by atoms with Crippen molar-refractivity contribution in [3.63, 3.8) is 0 Å². The normalized spacial score (nSPS) is 19.1. The first-order valence-corrected chi connectivity index (χ1v) is 9.73. The number of aliphatic carboxylic acids is 1. The van der Waals surface area contributed by atoms with Gasteiger partial charge in [-0.2, -0.15) is 0 Å². The Morgan fingerprint density at radius 2 is 1.86 bits per heavy atom. The predicted molar refractivity (Wildman–Crippen MR) is 103 cm³/mol. The molecule has 0 aromatic carbocycles. The Kier molecular flexibility index (Phi) is 9.53. The smallest absolute Gasteiger partial charge is 0.326 e. The first-order chi connectivity index (χ1) is 13.6. The molecule has 0 spiro atoms. The van der Waals surface area contributed by atoms with Crippen LogP contribution in [0, 0.1) is 5.92 Å². The van der Waals surface area contributed by atoms with Crippen LogP contribution in [0.5, 0.6) is 0 Å². The van der Waals surface area contributed by atoms with E-state index in [4.69, 9.17) is 11.5 Å². The number of nitrogens with two attached hydrogens (primary N) is 2. The third kappa shape index (κ3) is 7.00. The minimum atomic E-state index is -1.14. The summed E-state index contributed by atoms with van der Waals surface area (Å²) in [6.07, 6.45) is 1.34. The van der Waals surface area contributed by atoms with E-state index in [-0.39, 0.29) is 31.8 Å². The fourth-order valence-electron chi connectivity index (χ4n) is 3.23. The summed E-state index contributed by atoms with van der Waals surface area (Å²) in [5.41, 5.74) is 10.4. The maximum absolute atomic E-state index is 13.0. The molecule has 4 atom stereocenters. The van der Waals surface area contributed by atoms with Gasteiger partial charge in [-0.15, -0.1) is 0 Å². The molecule has 164 valence electrons. The zero-order valence-corrected chi connectivity index (χ0v) is 16.8. The molecule has 1 aliphatic heterocycles. The van der Waals surface area contributed by atoms with Crippen LogP contribution in [0.1, 0.15) is 46.0 Å². The van der Waals surface area contributed by atoms with Crippen molar-refractivity contribution in [2.45, 2.75) is 64.1 Å². The number of carboxylic acids is 1. The van der Waals surface area contributed by atoms with Crippen molar-refractivity contribution in [2.24, 2.45) is 17.4 Å². The van der Waals surface area contributed by atoms with Crippen molar-refractivity contribution in [3.8, 4) is 0 Å². The van der Waals surface area contributed by atoms with Gasteiger partial charge in [-0.25, -0.2) is 4.79 Å². The molecule has 0 bridgehead atoms. The Morgan fingerprint density at radius 3 is 2.38 bits per heavy atom. The second-order valence-electron chi connectivity index (χ2n) is 7.23. The summed E-state index contributed by atoms with van der Waals surface area (Å²) in [6, 6.07) is -2.95. The van der Waals surface area contributed by atoms with E-state index in [1.54, 1.807) is 6.92 Å². The second kappa shape index (κ2) is 11.3. The Labute approximate surface area is 169 Å². The van der Waals surface area contributed by atoms with Gasteiger partial charge in [0.25, 0.3) is 0 Å². The molecule has 1 aliphatic rings. The van der Waals surface area contributed by atoms with Gasteiger partial charge in [-0.05, 0) is 25.2 Å². The van der Waals surface area contributed by atoms with Gasteiger partial charge in [0.05, 0.1) is 6.54 Å². The molecule has 1 rings (SSSR count). The fraction of sp³-hybridized carbons (Fsp3) is 0.722.